The Balaban J connectivity index is 2.04. The summed E-state index contributed by atoms with van der Waals surface area (Å²) in [6.07, 6.45) is 5.88. The van der Waals surface area contributed by atoms with E-state index in [1.165, 1.54) is 32.2 Å². The third-order valence-electron chi connectivity index (χ3n) is 5.31. The lowest BCUT2D eigenvalue weighted by molar-refractivity contribution is 0.218. The second-order valence-electron chi connectivity index (χ2n) is 6.17. The first-order chi connectivity index (χ1) is 6.54. The van der Waals surface area contributed by atoms with Gasteiger partial charge in [0.2, 0.25) is 0 Å². The summed E-state index contributed by atoms with van der Waals surface area (Å²) in [5.74, 6) is 1.92. The summed E-state index contributed by atoms with van der Waals surface area (Å²) in [5, 5.41) is 3.37. The summed E-state index contributed by atoms with van der Waals surface area (Å²) >= 11 is 0. The van der Waals surface area contributed by atoms with Crippen LogP contribution in [0, 0.1) is 22.7 Å². The Morgan fingerprint density at radius 2 is 1.79 bits per heavy atom. The summed E-state index contributed by atoms with van der Waals surface area (Å²) in [5.41, 5.74) is 1.32. The summed E-state index contributed by atoms with van der Waals surface area (Å²) in [7, 11) is 2.09. The van der Waals surface area contributed by atoms with E-state index in [2.05, 4.69) is 33.1 Å². The van der Waals surface area contributed by atoms with Gasteiger partial charge in [0.15, 0.2) is 0 Å². The number of hydrogen-bond acceptors (Lipinski definition) is 1. The molecule has 0 aliphatic heterocycles. The van der Waals surface area contributed by atoms with Crippen molar-refractivity contribution in [2.24, 2.45) is 22.7 Å². The highest BCUT2D eigenvalue weighted by atomic mass is 14.9. The van der Waals surface area contributed by atoms with E-state index in [9.17, 15) is 0 Å². The van der Waals surface area contributed by atoms with Gasteiger partial charge >= 0.3 is 0 Å². The molecule has 0 aromatic heterocycles. The van der Waals surface area contributed by atoms with E-state index in [4.69, 9.17) is 0 Å². The molecule has 2 aliphatic rings. The molecule has 14 heavy (non-hydrogen) atoms. The lowest BCUT2D eigenvalue weighted by Crippen LogP contribution is -2.20. The van der Waals surface area contributed by atoms with E-state index in [0.717, 1.165) is 11.8 Å². The second-order valence-corrected chi connectivity index (χ2v) is 6.17. The maximum Gasteiger partial charge on any atom is -0.00127 e. The van der Waals surface area contributed by atoms with Crippen LogP contribution in [0.15, 0.2) is 0 Å². The Bertz CT molecular complexity index is 211. The van der Waals surface area contributed by atoms with E-state index in [-0.39, 0.29) is 0 Å². The smallest absolute Gasteiger partial charge is 0.00127 e. The fraction of sp³-hybridized carbons (Fsp3) is 1.00. The minimum Gasteiger partial charge on any atom is -0.319 e. The molecular weight excluding hydrogens is 170 g/mol. The first kappa shape index (κ1) is 10.5. The van der Waals surface area contributed by atoms with E-state index in [0.29, 0.717) is 10.8 Å². The van der Waals surface area contributed by atoms with Gasteiger partial charge in [0.1, 0.15) is 0 Å². The quantitative estimate of drug-likeness (QED) is 0.714. The van der Waals surface area contributed by atoms with Gasteiger partial charge in [-0.05, 0) is 49.1 Å². The standard InChI is InChI=1S/C13H25N/c1-10-5-7-13(8-6-10)11(9-14-4)12(13,2)3/h10-11,14H,5-9H2,1-4H3. The van der Waals surface area contributed by atoms with Gasteiger partial charge in [-0.3, -0.25) is 0 Å². The van der Waals surface area contributed by atoms with Crippen LogP contribution in [0.4, 0.5) is 0 Å². The van der Waals surface area contributed by atoms with Gasteiger partial charge in [-0.2, -0.15) is 0 Å². The van der Waals surface area contributed by atoms with Gasteiger partial charge < -0.3 is 5.32 Å². The molecule has 2 aliphatic carbocycles. The largest absolute Gasteiger partial charge is 0.319 e. The third-order valence-corrected chi connectivity index (χ3v) is 5.31. The van der Waals surface area contributed by atoms with Crippen LogP contribution < -0.4 is 5.32 Å². The molecule has 0 heterocycles. The van der Waals surface area contributed by atoms with Crippen LogP contribution in [0.3, 0.4) is 0 Å². The van der Waals surface area contributed by atoms with E-state index in [1.807, 2.05) is 0 Å². The first-order valence-electron chi connectivity index (χ1n) is 6.19. The molecule has 2 fully saturated rings. The van der Waals surface area contributed by atoms with Gasteiger partial charge in [-0.15, -0.1) is 0 Å². The fourth-order valence-corrected chi connectivity index (χ4v) is 3.99. The average Bonchev–Trinajstić information content (AvgIpc) is 2.58. The highest BCUT2D eigenvalue weighted by Crippen LogP contribution is 2.74. The monoisotopic (exact) mass is 195 g/mol. The van der Waals surface area contributed by atoms with Gasteiger partial charge in [0.25, 0.3) is 0 Å². The van der Waals surface area contributed by atoms with Crippen molar-refractivity contribution >= 4 is 0 Å². The average molecular weight is 195 g/mol. The van der Waals surface area contributed by atoms with Crippen molar-refractivity contribution in [2.45, 2.75) is 46.5 Å². The molecule has 1 N–H and O–H groups in total. The molecular formula is C13H25N. The van der Waals surface area contributed by atoms with Gasteiger partial charge in [0, 0.05) is 0 Å². The molecule has 0 saturated heterocycles. The molecule has 0 radical (unpaired) electrons. The second kappa shape index (κ2) is 3.23. The molecule has 0 aromatic rings. The molecule has 0 aromatic carbocycles. The van der Waals surface area contributed by atoms with Crippen LogP contribution in [0.2, 0.25) is 0 Å². The Hall–Kier alpha value is -0.0400. The molecule has 2 rings (SSSR count). The van der Waals surface area contributed by atoms with Crippen LogP contribution in [-0.2, 0) is 0 Å². The van der Waals surface area contributed by atoms with Crippen molar-refractivity contribution < 1.29 is 0 Å². The Morgan fingerprint density at radius 1 is 1.21 bits per heavy atom. The molecule has 1 atom stereocenters. The maximum atomic E-state index is 3.37. The molecule has 1 unspecified atom stereocenters. The van der Waals surface area contributed by atoms with Crippen molar-refractivity contribution in [3.8, 4) is 0 Å². The third kappa shape index (κ3) is 1.25. The van der Waals surface area contributed by atoms with E-state index >= 15 is 0 Å². The topological polar surface area (TPSA) is 12.0 Å². The van der Waals surface area contributed by atoms with Crippen molar-refractivity contribution in [1.82, 2.24) is 5.32 Å². The zero-order valence-electron chi connectivity index (χ0n) is 10.2. The zero-order chi connectivity index (χ0) is 10.4. The van der Waals surface area contributed by atoms with Gasteiger partial charge in [-0.1, -0.05) is 33.6 Å². The van der Waals surface area contributed by atoms with Gasteiger partial charge in [0.05, 0.1) is 0 Å². The Kier molecular flexibility index (Phi) is 2.42. The van der Waals surface area contributed by atoms with Crippen molar-refractivity contribution in [3.63, 3.8) is 0 Å². The lowest BCUT2D eigenvalue weighted by atomic mass is 9.76. The SMILES string of the molecule is CNCC1C(C)(C)C12CCC(C)CC2. The fourth-order valence-electron chi connectivity index (χ4n) is 3.99. The van der Waals surface area contributed by atoms with Crippen LogP contribution in [0.5, 0.6) is 0 Å². The highest BCUT2D eigenvalue weighted by molar-refractivity contribution is 5.18. The Labute approximate surface area is 88.7 Å². The molecule has 0 amide bonds. The van der Waals surface area contributed by atoms with Crippen LogP contribution in [-0.4, -0.2) is 13.6 Å². The number of hydrogen-bond donors (Lipinski definition) is 1. The molecule has 1 nitrogen and oxygen atoms in total. The summed E-state index contributed by atoms with van der Waals surface area (Å²) in [6, 6.07) is 0. The summed E-state index contributed by atoms with van der Waals surface area (Å²) < 4.78 is 0. The van der Waals surface area contributed by atoms with Crippen LogP contribution >= 0.6 is 0 Å². The summed E-state index contributed by atoms with van der Waals surface area (Å²) in [6.45, 7) is 8.59. The first-order valence-corrected chi connectivity index (χ1v) is 6.19. The molecule has 2 saturated carbocycles. The number of nitrogens with one attached hydrogen (secondary N) is 1. The normalized spacial score (nSPS) is 45.4. The minimum absolute atomic E-state index is 0.607. The van der Waals surface area contributed by atoms with E-state index < -0.39 is 0 Å². The van der Waals surface area contributed by atoms with Gasteiger partial charge in [-0.25, -0.2) is 0 Å². The van der Waals surface area contributed by atoms with Crippen LogP contribution in [0.1, 0.15) is 46.5 Å². The molecule has 82 valence electrons. The van der Waals surface area contributed by atoms with Crippen molar-refractivity contribution in [3.05, 3.63) is 0 Å². The number of rotatable bonds is 2. The van der Waals surface area contributed by atoms with Crippen molar-refractivity contribution in [2.75, 3.05) is 13.6 Å². The minimum atomic E-state index is 0.607. The molecule has 0 bridgehead atoms. The highest BCUT2D eigenvalue weighted by Gasteiger charge is 2.69. The van der Waals surface area contributed by atoms with Crippen molar-refractivity contribution in [1.29, 1.82) is 0 Å². The van der Waals surface area contributed by atoms with Crippen LogP contribution in [0.25, 0.3) is 0 Å². The molecule has 1 spiro atoms. The Morgan fingerprint density at radius 3 is 2.29 bits per heavy atom. The maximum absolute atomic E-state index is 3.37. The predicted octanol–water partition coefficient (Wildman–Crippen LogP) is 3.06. The lowest BCUT2D eigenvalue weighted by Gasteiger charge is -2.29. The predicted molar refractivity (Wildman–Crippen MR) is 61.3 cm³/mol. The van der Waals surface area contributed by atoms with E-state index in [1.54, 1.807) is 0 Å². The summed E-state index contributed by atoms with van der Waals surface area (Å²) in [4.78, 5) is 0. The molecule has 1 heteroatoms. The zero-order valence-corrected chi connectivity index (χ0v) is 10.2.